The Morgan fingerprint density at radius 2 is 1.92 bits per heavy atom. The molecule has 1 N–H and O–H groups in total. The largest absolute Gasteiger partial charge is 0.441 e. The molecule has 0 fully saturated rings. The SMILES string of the molecule is Cc1nc2ccc(NC(=O)c3cc(S(=O)(=O)N(C)C)ccc3I)cc2o1. The van der Waals surface area contributed by atoms with Crippen molar-refractivity contribution in [2.24, 2.45) is 0 Å². The molecule has 0 saturated heterocycles. The van der Waals surface area contributed by atoms with E-state index in [9.17, 15) is 13.2 Å². The Bertz CT molecular complexity index is 1110. The van der Waals surface area contributed by atoms with Crippen LogP contribution in [0.2, 0.25) is 0 Å². The maximum absolute atomic E-state index is 12.7. The Kier molecular flexibility index (Phi) is 5.04. The van der Waals surface area contributed by atoms with E-state index in [0.29, 0.717) is 26.2 Å². The molecule has 26 heavy (non-hydrogen) atoms. The number of oxazole rings is 1. The van der Waals surface area contributed by atoms with Gasteiger partial charge in [-0.05, 0) is 52.9 Å². The molecule has 3 aromatic rings. The molecule has 0 aliphatic carbocycles. The van der Waals surface area contributed by atoms with E-state index < -0.39 is 15.9 Å². The van der Waals surface area contributed by atoms with Crippen LogP contribution in [0, 0.1) is 10.5 Å². The summed E-state index contributed by atoms with van der Waals surface area (Å²) in [5.74, 6) is 0.139. The minimum Gasteiger partial charge on any atom is -0.441 e. The highest BCUT2D eigenvalue weighted by Crippen LogP contribution is 2.23. The van der Waals surface area contributed by atoms with Crippen molar-refractivity contribution < 1.29 is 17.6 Å². The van der Waals surface area contributed by atoms with Crippen LogP contribution < -0.4 is 5.32 Å². The summed E-state index contributed by atoms with van der Waals surface area (Å²) >= 11 is 2.00. The van der Waals surface area contributed by atoms with E-state index in [-0.39, 0.29) is 10.5 Å². The minimum absolute atomic E-state index is 0.0642. The van der Waals surface area contributed by atoms with Gasteiger partial charge in [0, 0.05) is 36.3 Å². The molecule has 136 valence electrons. The summed E-state index contributed by atoms with van der Waals surface area (Å²) in [4.78, 5) is 16.9. The quantitative estimate of drug-likeness (QED) is 0.573. The topological polar surface area (TPSA) is 92.5 Å². The van der Waals surface area contributed by atoms with Crippen molar-refractivity contribution in [1.82, 2.24) is 9.29 Å². The second-order valence-electron chi connectivity index (χ2n) is 5.80. The van der Waals surface area contributed by atoms with Crippen LogP contribution in [0.1, 0.15) is 16.2 Å². The third-order valence-electron chi connectivity index (χ3n) is 3.71. The van der Waals surface area contributed by atoms with Crippen LogP contribution in [0.3, 0.4) is 0 Å². The van der Waals surface area contributed by atoms with E-state index >= 15 is 0 Å². The van der Waals surface area contributed by atoms with E-state index in [1.54, 1.807) is 31.2 Å². The molecular formula is C17H16IN3O4S. The van der Waals surface area contributed by atoms with E-state index in [1.807, 2.05) is 22.6 Å². The number of halogens is 1. The molecule has 0 saturated carbocycles. The molecule has 3 rings (SSSR count). The summed E-state index contributed by atoms with van der Waals surface area (Å²) in [6.45, 7) is 1.75. The smallest absolute Gasteiger partial charge is 0.256 e. The highest BCUT2D eigenvalue weighted by Gasteiger charge is 2.20. The van der Waals surface area contributed by atoms with Crippen LogP contribution in [0.25, 0.3) is 11.1 Å². The number of hydrogen-bond acceptors (Lipinski definition) is 5. The van der Waals surface area contributed by atoms with Crippen LogP contribution in [0.5, 0.6) is 0 Å². The molecule has 0 unspecified atom stereocenters. The maximum Gasteiger partial charge on any atom is 0.256 e. The molecule has 0 spiro atoms. The first-order valence-corrected chi connectivity index (χ1v) is 10.1. The van der Waals surface area contributed by atoms with Gasteiger partial charge in [0.25, 0.3) is 5.91 Å². The number of fused-ring (bicyclic) bond motifs is 1. The summed E-state index contributed by atoms with van der Waals surface area (Å²) in [6.07, 6.45) is 0. The molecular weight excluding hydrogens is 469 g/mol. The summed E-state index contributed by atoms with van der Waals surface area (Å²) < 4.78 is 31.8. The van der Waals surface area contributed by atoms with Gasteiger partial charge in [-0.25, -0.2) is 17.7 Å². The van der Waals surface area contributed by atoms with Crippen molar-refractivity contribution >= 4 is 55.3 Å². The lowest BCUT2D eigenvalue weighted by molar-refractivity contribution is 0.102. The van der Waals surface area contributed by atoms with Crippen molar-refractivity contribution in [2.45, 2.75) is 11.8 Å². The molecule has 0 radical (unpaired) electrons. The molecule has 0 aliphatic heterocycles. The van der Waals surface area contributed by atoms with Crippen molar-refractivity contribution in [2.75, 3.05) is 19.4 Å². The van der Waals surface area contributed by atoms with E-state index in [1.165, 1.54) is 26.2 Å². The maximum atomic E-state index is 12.7. The first kappa shape index (κ1) is 18.8. The lowest BCUT2D eigenvalue weighted by Gasteiger charge is -2.13. The number of aromatic nitrogens is 1. The van der Waals surface area contributed by atoms with Crippen molar-refractivity contribution in [3.63, 3.8) is 0 Å². The number of carbonyl (C=O) groups is 1. The molecule has 1 aromatic heterocycles. The Labute approximate surface area is 164 Å². The lowest BCUT2D eigenvalue weighted by atomic mass is 10.2. The van der Waals surface area contributed by atoms with E-state index in [0.717, 1.165) is 4.31 Å². The van der Waals surface area contributed by atoms with Gasteiger partial charge in [0.05, 0.1) is 10.5 Å². The molecule has 1 amide bonds. The summed E-state index contributed by atoms with van der Waals surface area (Å²) in [5.41, 5.74) is 2.09. The monoisotopic (exact) mass is 485 g/mol. The highest BCUT2D eigenvalue weighted by molar-refractivity contribution is 14.1. The first-order valence-electron chi connectivity index (χ1n) is 7.59. The van der Waals surface area contributed by atoms with E-state index in [4.69, 9.17) is 4.42 Å². The fraction of sp³-hybridized carbons (Fsp3) is 0.176. The normalized spacial score (nSPS) is 11.9. The predicted octanol–water partition coefficient (Wildman–Crippen LogP) is 3.24. The zero-order valence-corrected chi connectivity index (χ0v) is 17.3. The predicted molar refractivity (Wildman–Crippen MR) is 107 cm³/mol. The average Bonchev–Trinajstić information content (AvgIpc) is 2.94. The number of aryl methyl sites for hydroxylation is 1. The Morgan fingerprint density at radius 1 is 1.19 bits per heavy atom. The Morgan fingerprint density at radius 3 is 2.62 bits per heavy atom. The number of carbonyl (C=O) groups excluding carboxylic acids is 1. The van der Waals surface area contributed by atoms with Gasteiger partial charge >= 0.3 is 0 Å². The molecule has 7 nitrogen and oxygen atoms in total. The molecule has 0 bridgehead atoms. The van der Waals surface area contributed by atoms with Gasteiger partial charge in [-0.2, -0.15) is 0 Å². The van der Waals surface area contributed by atoms with Gasteiger partial charge in [-0.1, -0.05) is 0 Å². The van der Waals surface area contributed by atoms with Crippen LogP contribution in [-0.4, -0.2) is 37.7 Å². The van der Waals surface area contributed by atoms with Gasteiger partial charge in [-0.15, -0.1) is 0 Å². The number of benzene rings is 2. The van der Waals surface area contributed by atoms with Gasteiger partial charge < -0.3 is 9.73 Å². The van der Waals surface area contributed by atoms with Gasteiger partial charge in [0.1, 0.15) is 5.52 Å². The number of nitrogens with zero attached hydrogens (tertiary/aromatic N) is 2. The second-order valence-corrected chi connectivity index (χ2v) is 9.11. The standard InChI is InChI=1S/C17H16IN3O4S/c1-10-19-15-7-4-11(8-16(15)25-10)20-17(22)13-9-12(5-6-14(13)18)26(23,24)21(2)3/h4-9H,1-3H3,(H,20,22). The minimum atomic E-state index is -3.62. The van der Waals surface area contributed by atoms with Crippen LogP contribution >= 0.6 is 22.6 Å². The summed E-state index contributed by atoms with van der Waals surface area (Å²) in [6, 6.07) is 9.62. The second kappa shape index (κ2) is 6.97. The third-order valence-corrected chi connectivity index (χ3v) is 6.47. The van der Waals surface area contributed by atoms with Crippen molar-refractivity contribution in [1.29, 1.82) is 0 Å². The first-order chi connectivity index (χ1) is 12.2. The summed E-state index contributed by atoms with van der Waals surface area (Å²) in [5, 5.41) is 2.77. The highest BCUT2D eigenvalue weighted by atomic mass is 127. The molecule has 0 atom stereocenters. The van der Waals surface area contributed by atoms with Crippen LogP contribution in [0.15, 0.2) is 45.7 Å². The van der Waals surface area contributed by atoms with Gasteiger partial charge in [0.15, 0.2) is 11.5 Å². The fourth-order valence-corrected chi connectivity index (χ4v) is 3.87. The van der Waals surface area contributed by atoms with Crippen LogP contribution in [-0.2, 0) is 10.0 Å². The molecule has 2 aromatic carbocycles. The number of rotatable bonds is 4. The zero-order chi connectivity index (χ0) is 19.1. The van der Waals surface area contributed by atoms with Gasteiger partial charge in [-0.3, -0.25) is 4.79 Å². The molecule has 0 aliphatic rings. The zero-order valence-electron chi connectivity index (χ0n) is 14.3. The lowest BCUT2D eigenvalue weighted by Crippen LogP contribution is -2.23. The average molecular weight is 485 g/mol. The number of nitrogens with one attached hydrogen (secondary N) is 1. The molecule has 1 heterocycles. The summed E-state index contributed by atoms with van der Waals surface area (Å²) in [7, 11) is -0.730. The Hall–Kier alpha value is -1.98. The number of anilines is 1. The van der Waals surface area contributed by atoms with Gasteiger partial charge in [0.2, 0.25) is 10.0 Å². The van der Waals surface area contributed by atoms with Crippen molar-refractivity contribution in [3.8, 4) is 0 Å². The number of hydrogen-bond donors (Lipinski definition) is 1. The Balaban J connectivity index is 1.93. The van der Waals surface area contributed by atoms with Crippen LogP contribution in [0.4, 0.5) is 5.69 Å². The third kappa shape index (κ3) is 3.60. The van der Waals surface area contributed by atoms with E-state index in [2.05, 4.69) is 10.3 Å². The number of amides is 1. The fourth-order valence-electron chi connectivity index (χ4n) is 2.37. The number of sulfonamides is 1. The molecule has 9 heteroatoms. The van der Waals surface area contributed by atoms with Crippen molar-refractivity contribution in [3.05, 3.63) is 51.4 Å².